The molecular weight excluding hydrogens is 218 g/mol. The van der Waals surface area contributed by atoms with Crippen LogP contribution >= 0.6 is 0 Å². The molecule has 1 aromatic carbocycles. The molecule has 1 atom stereocenters. The molecule has 0 aromatic heterocycles. The van der Waals surface area contributed by atoms with Crippen molar-refractivity contribution in [1.82, 2.24) is 5.32 Å². The lowest BCUT2D eigenvalue weighted by Gasteiger charge is -2.12. The Balaban J connectivity index is 2.30. The lowest BCUT2D eigenvalue weighted by molar-refractivity contribution is 0.0597. The number of benzene rings is 1. The van der Waals surface area contributed by atoms with Crippen molar-refractivity contribution in [1.29, 1.82) is 0 Å². The number of rotatable bonds is 3. The van der Waals surface area contributed by atoms with Gasteiger partial charge in [0.2, 0.25) is 0 Å². The fraction of sp³-hybridized carbons (Fsp3) is 0.462. The van der Waals surface area contributed by atoms with E-state index < -0.39 is 0 Å². The molecule has 0 saturated carbocycles. The summed E-state index contributed by atoms with van der Waals surface area (Å²) in [7, 11) is 2.94. The van der Waals surface area contributed by atoms with Crippen LogP contribution in [-0.4, -0.2) is 33.3 Å². The zero-order chi connectivity index (χ0) is 12.3. The zero-order valence-electron chi connectivity index (χ0n) is 10.2. The Hall–Kier alpha value is -1.55. The van der Waals surface area contributed by atoms with Crippen LogP contribution in [0.25, 0.3) is 0 Å². The quantitative estimate of drug-likeness (QED) is 0.808. The molecule has 4 nitrogen and oxygen atoms in total. The average Bonchev–Trinajstić information content (AvgIpc) is 2.91. The second kappa shape index (κ2) is 5.19. The Morgan fingerprint density at radius 1 is 1.41 bits per heavy atom. The molecule has 1 N–H and O–H groups in total. The third-order valence-electron chi connectivity index (χ3n) is 3.16. The van der Waals surface area contributed by atoms with Gasteiger partial charge >= 0.3 is 5.97 Å². The van der Waals surface area contributed by atoms with E-state index in [1.807, 2.05) is 12.1 Å². The van der Waals surface area contributed by atoms with Crippen molar-refractivity contribution in [3.05, 3.63) is 29.3 Å². The summed E-state index contributed by atoms with van der Waals surface area (Å²) < 4.78 is 9.96. The van der Waals surface area contributed by atoms with Gasteiger partial charge in [-0.2, -0.15) is 0 Å². The van der Waals surface area contributed by atoms with Crippen LogP contribution in [-0.2, 0) is 4.74 Å². The van der Waals surface area contributed by atoms with Crippen molar-refractivity contribution in [2.24, 2.45) is 0 Å². The van der Waals surface area contributed by atoms with E-state index in [1.54, 1.807) is 13.2 Å². The number of methoxy groups -OCH3 is 2. The largest absolute Gasteiger partial charge is 0.496 e. The van der Waals surface area contributed by atoms with Gasteiger partial charge in [-0.25, -0.2) is 4.79 Å². The van der Waals surface area contributed by atoms with Gasteiger partial charge in [0.05, 0.1) is 14.2 Å². The maximum absolute atomic E-state index is 11.5. The summed E-state index contributed by atoms with van der Waals surface area (Å²) >= 11 is 0. The Kier molecular flexibility index (Phi) is 3.64. The molecule has 1 aromatic rings. The molecule has 2 rings (SSSR count). The van der Waals surface area contributed by atoms with Crippen LogP contribution in [0.3, 0.4) is 0 Å². The minimum Gasteiger partial charge on any atom is -0.496 e. The molecule has 1 aliphatic rings. The number of carbonyl (C=O) groups is 1. The molecule has 4 heteroatoms. The Morgan fingerprint density at radius 2 is 2.24 bits per heavy atom. The standard InChI is InChI=1S/C13H17NO3/c1-16-12-7-9(10-5-6-14-8-10)3-4-11(12)13(15)17-2/h3-4,7,10,14H,5-6,8H2,1-2H3. The van der Waals surface area contributed by atoms with Crippen molar-refractivity contribution in [2.45, 2.75) is 12.3 Å². The fourth-order valence-electron chi connectivity index (χ4n) is 2.18. The first-order valence-electron chi connectivity index (χ1n) is 5.73. The molecular formula is C13H17NO3. The van der Waals surface area contributed by atoms with E-state index in [4.69, 9.17) is 9.47 Å². The van der Waals surface area contributed by atoms with Crippen molar-refractivity contribution in [3.63, 3.8) is 0 Å². The summed E-state index contributed by atoms with van der Waals surface area (Å²) in [5.41, 5.74) is 1.68. The van der Waals surface area contributed by atoms with E-state index in [0.717, 1.165) is 19.5 Å². The highest BCUT2D eigenvalue weighted by Gasteiger charge is 2.19. The van der Waals surface area contributed by atoms with Gasteiger partial charge in [-0.15, -0.1) is 0 Å². The van der Waals surface area contributed by atoms with Gasteiger partial charge in [0.25, 0.3) is 0 Å². The molecule has 1 saturated heterocycles. The number of hydrogen-bond acceptors (Lipinski definition) is 4. The highest BCUT2D eigenvalue weighted by molar-refractivity contribution is 5.92. The Bertz CT molecular complexity index is 411. The van der Waals surface area contributed by atoms with Gasteiger partial charge in [-0.3, -0.25) is 0 Å². The first-order valence-corrected chi connectivity index (χ1v) is 5.73. The minimum atomic E-state index is -0.363. The summed E-state index contributed by atoms with van der Waals surface area (Å²) in [6.07, 6.45) is 1.13. The number of ether oxygens (including phenoxy) is 2. The molecule has 1 heterocycles. The molecule has 1 unspecified atom stereocenters. The average molecular weight is 235 g/mol. The van der Waals surface area contributed by atoms with Crippen LogP contribution in [0.1, 0.15) is 28.3 Å². The second-order valence-corrected chi connectivity index (χ2v) is 4.14. The molecule has 1 aliphatic heterocycles. The zero-order valence-corrected chi connectivity index (χ0v) is 10.2. The first kappa shape index (κ1) is 11.9. The third kappa shape index (κ3) is 2.42. The molecule has 0 amide bonds. The number of hydrogen-bond donors (Lipinski definition) is 1. The summed E-state index contributed by atoms with van der Waals surface area (Å²) in [4.78, 5) is 11.5. The SMILES string of the molecule is COC(=O)c1ccc(C2CCNC2)cc1OC. The maximum atomic E-state index is 11.5. The fourth-order valence-corrected chi connectivity index (χ4v) is 2.18. The normalized spacial score (nSPS) is 19.1. The van der Waals surface area contributed by atoms with Gasteiger partial charge in [0, 0.05) is 6.54 Å². The van der Waals surface area contributed by atoms with E-state index in [2.05, 4.69) is 5.32 Å². The molecule has 1 fully saturated rings. The Labute approximate surface area is 101 Å². The highest BCUT2D eigenvalue weighted by atomic mass is 16.5. The molecule has 17 heavy (non-hydrogen) atoms. The van der Waals surface area contributed by atoms with Crippen molar-refractivity contribution in [2.75, 3.05) is 27.3 Å². The van der Waals surface area contributed by atoms with E-state index in [0.29, 0.717) is 17.2 Å². The molecule has 0 aliphatic carbocycles. The third-order valence-corrected chi connectivity index (χ3v) is 3.16. The molecule has 0 bridgehead atoms. The summed E-state index contributed by atoms with van der Waals surface area (Å²) in [6, 6.07) is 5.69. The van der Waals surface area contributed by atoms with Crippen molar-refractivity contribution in [3.8, 4) is 5.75 Å². The van der Waals surface area contributed by atoms with Gasteiger partial charge in [-0.1, -0.05) is 6.07 Å². The lowest BCUT2D eigenvalue weighted by atomic mass is 9.97. The van der Waals surface area contributed by atoms with Crippen molar-refractivity contribution < 1.29 is 14.3 Å². The topological polar surface area (TPSA) is 47.6 Å². The predicted molar refractivity (Wildman–Crippen MR) is 64.6 cm³/mol. The number of nitrogens with one attached hydrogen (secondary N) is 1. The smallest absolute Gasteiger partial charge is 0.341 e. The lowest BCUT2D eigenvalue weighted by Crippen LogP contribution is -2.09. The summed E-state index contributed by atoms with van der Waals surface area (Å²) in [5.74, 6) is 0.731. The Morgan fingerprint density at radius 3 is 2.82 bits per heavy atom. The van der Waals surface area contributed by atoms with E-state index in [9.17, 15) is 4.79 Å². The van der Waals surface area contributed by atoms with E-state index in [-0.39, 0.29) is 5.97 Å². The van der Waals surface area contributed by atoms with Crippen LogP contribution in [0, 0.1) is 0 Å². The first-order chi connectivity index (χ1) is 8.26. The monoisotopic (exact) mass is 235 g/mol. The van der Waals surface area contributed by atoms with E-state index in [1.165, 1.54) is 12.7 Å². The summed E-state index contributed by atoms with van der Waals surface area (Å²) in [6.45, 7) is 2.03. The highest BCUT2D eigenvalue weighted by Crippen LogP contribution is 2.28. The molecule has 0 spiro atoms. The van der Waals surface area contributed by atoms with Gasteiger partial charge < -0.3 is 14.8 Å². The summed E-state index contributed by atoms with van der Waals surface area (Å²) in [5, 5.41) is 3.32. The second-order valence-electron chi connectivity index (χ2n) is 4.14. The van der Waals surface area contributed by atoms with Crippen LogP contribution in [0.15, 0.2) is 18.2 Å². The van der Waals surface area contributed by atoms with Gasteiger partial charge in [-0.05, 0) is 36.6 Å². The van der Waals surface area contributed by atoms with Crippen LogP contribution in [0.5, 0.6) is 5.75 Å². The van der Waals surface area contributed by atoms with Crippen molar-refractivity contribution >= 4 is 5.97 Å². The minimum absolute atomic E-state index is 0.363. The predicted octanol–water partition coefficient (Wildman–Crippen LogP) is 1.56. The number of carbonyl (C=O) groups excluding carboxylic acids is 1. The van der Waals surface area contributed by atoms with Crippen LogP contribution < -0.4 is 10.1 Å². The van der Waals surface area contributed by atoms with Gasteiger partial charge in [0.1, 0.15) is 11.3 Å². The number of esters is 1. The van der Waals surface area contributed by atoms with Crippen LogP contribution in [0.2, 0.25) is 0 Å². The van der Waals surface area contributed by atoms with Crippen LogP contribution in [0.4, 0.5) is 0 Å². The molecule has 92 valence electrons. The molecule has 0 radical (unpaired) electrons. The van der Waals surface area contributed by atoms with E-state index >= 15 is 0 Å². The maximum Gasteiger partial charge on any atom is 0.341 e. The van der Waals surface area contributed by atoms with Gasteiger partial charge in [0.15, 0.2) is 0 Å².